The monoisotopic (exact) mass is 200 g/mol. The molecule has 2 heterocycles. The molecule has 1 aromatic carbocycles. The van der Waals surface area contributed by atoms with Gasteiger partial charge in [0.25, 0.3) is 0 Å². The van der Waals surface area contributed by atoms with Crippen molar-refractivity contribution in [2.75, 3.05) is 13.1 Å². The summed E-state index contributed by atoms with van der Waals surface area (Å²) in [7, 11) is 0. The van der Waals surface area contributed by atoms with Crippen molar-refractivity contribution in [3.05, 3.63) is 35.5 Å². The molecule has 1 saturated heterocycles. The molecule has 0 bridgehead atoms. The largest absolute Gasteiger partial charge is 0.361 e. The Bertz CT molecular complexity index is 478. The van der Waals surface area contributed by atoms with Crippen LogP contribution in [0.2, 0.25) is 0 Å². The summed E-state index contributed by atoms with van der Waals surface area (Å²) in [6.07, 6.45) is 3.30. The maximum Gasteiger partial charge on any atom is 0.0483 e. The van der Waals surface area contributed by atoms with Gasteiger partial charge in [-0.3, -0.25) is 0 Å². The zero-order valence-electron chi connectivity index (χ0n) is 9.01. The molecule has 0 saturated carbocycles. The maximum absolute atomic E-state index is 3.42. The molecule has 1 aromatic heterocycles. The molecule has 1 aliphatic rings. The Labute approximate surface area is 89.7 Å². The minimum Gasteiger partial charge on any atom is -0.361 e. The van der Waals surface area contributed by atoms with E-state index in [0.717, 1.165) is 13.1 Å². The summed E-state index contributed by atoms with van der Waals surface area (Å²) in [6, 6.07) is 6.82. The highest BCUT2D eigenvalue weighted by atomic mass is 14.9. The molecular formula is C13H16N2. The lowest BCUT2D eigenvalue weighted by Crippen LogP contribution is -2.08. The van der Waals surface area contributed by atoms with Crippen molar-refractivity contribution in [2.24, 2.45) is 0 Å². The maximum atomic E-state index is 3.42. The van der Waals surface area contributed by atoms with Gasteiger partial charge in [0.05, 0.1) is 0 Å². The van der Waals surface area contributed by atoms with Gasteiger partial charge >= 0.3 is 0 Å². The highest BCUT2D eigenvalue weighted by Crippen LogP contribution is 2.27. The van der Waals surface area contributed by atoms with Crippen LogP contribution in [0.25, 0.3) is 10.9 Å². The number of hydrogen-bond acceptors (Lipinski definition) is 1. The summed E-state index contributed by atoms with van der Waals surface area (Å²) in [5, 5.41) is 4.77. The Morgan fingerprint density at radius 2 is 2.27 bits per heavy atom. The molecule has 1 fully saturated rings. The Balaban J connectivity index is 2.11. The number of aromatic amines is 1. The summed E-state index contributed by atoms with van der Waals surface area (Å²) in [5.41, 5.74) is 4.13. The van der Waals surface area contributed by atoms with Crippen molar-refractivity contribution < 1.29 is 0 Å². The van der Waals surface area contributed by atoms with Gasteiger partial charge in [-0.05, 0) is 54.5 Å². The molecule has 0 aliphatic carbocycles. The number of hydrogen-bond donors (Lipinski definition) is 2. The Hall–Kier alpha value is -1.28. The van der Waals surface area contributed by atoms with Gasteiger partial charge in [-0.2, -0.15) is 0 Å². The van der Waals surface area contributed by atoms with Crippen LogP contribution in [0.1, 0.15) is 23.5 Å². The van der Waals surface area contributed by atoms with Crippen molar-refractivity contribution >= 4 is 10.9 Å². The summed E-state index contributed by atoms with van der Waals surface area (Å²) in [5.74, 6) is 0.711. The van der Waals surface area contributed by atoms with E-state index in [1.807, 2.05) is 6.20 Å². The lowest BCUT2D eigenvalue weighted by Gasteiger charge is -2.10. The third-order valence-electron chi connectivity index (χ3n) is 3.41. The van der Waals surface area contributed by atoms with Gasteiger partial charge in [0.2, 0.25) is 0 Å². The zero-order valence-corrected chi connectivity index (χ0v) is 9.01. The molecular weight excluding hydrogens is 184 g/mol. The van der Waals surface area contributed by atoms with Crippen molar-refractivity contribution in [3.8, 4) is 0 Å². The van der Waals surface area contributed by atoms with E-state index in [2.05, 4.69) is 35.4 Å². The third kappa shape index (κ3) is 1.45. The predicted molar refractivity (Wildman–Crippen MR) is 63.3 cm³/mol. The van der Waals surface area contributed by atoms with E-state index >= 15 is 0 Å². The standard InChI is InChI=1S/C13H16N2/c1-9-6-12(11-2-4-14-8-11)7-10-3-5-15-13(9)10/h3,5-7,11,14-15H,2,4,8H2,1H3. The molecule has 0 spiro atoms. The number of H-pyrrole nitrogens is 1. The fourth-order valence-corrected chi connectivity index (χ4v) is 2.56. The first kappa shape index (κ1) is 8.98. The van der Waals surface area contributed by atoms with Crippen LogP contribution in [0.5, 0.6) is 0 Å². The molecule has 3 rings (SSSR count). The Morgan fingerprint density at radius 3 is 3.07 bits per heavy atom. The van der Waals surface area contributed by atoms with Crippen molar-refractivity contribution in [3.63, 3.8) is 0 Å². The summed E-state index contributed by atoms with van der Waals surface area (Å²) in [4.78, 5) is 3.29. The minimum atomic E-state index is 0.711. The van der Waals surface area contributed by atoms with Crippen molar-refractivity contribution in [1.29, 1.82) is 0 Å². The van der Waals surface area contributed by atoms with Crippen LogP contribution in [-0.2, 0) is 0 Å². The molecule has 15 heavy (non-hydrogen) atoms. The Kier molecular flexibility index (Phi) is 2.03. The van der Waals surface area contributed by atoms with Gasteiger partial charge in [-0.1, -0.05) is 6.07 Å². The first-order chi connectivity index (χ1) is 7.34. The first-order valence-corrected chi connectivity index (χ1v) is 5.63. The first-order valence-electron chi connectivity index (χ1n) is 5.63. The number of nitrogens with one attached hydrogen (secondary N) is 2. The van der Waals surface area contributed by atoms with Crippen LogP contribution in [0, 0.1) is 6.92 Å². The lowest BCUT2D eigenvalue weighted by atomic mass is 9.95. The minimum absolute atomic E-state index is 0.711. The van der Waals surface area contributed by atoms with Gasteiger partial charge in [0.1, 0.15) is 0 Å². The molecule has 78 valence electrons. The van der Waals surface area contributed by atoms with Gasteiger partial charge in [0.15, 0.2) is 0 Å². The average Bonchev–Trinajstić information content (AvgIpc) is 2.88. The summed E-state index contributed by atoms with van der Waals surface area (Å²) < 4.78 is 0. The van der Waals surface area contributed by atoms with Crippen LogP contribution in [0.15, 0.2) is 24.4 Å². The van der Waals surface area contributed by atoms with E-state index in [1.54, 1.807) is 0 Å². The molecule has 2 N–H and O–H groups in total. The van der Waals surface area contributed by atoms with E-state index in [-0.39, 0.29) is 0 Å². The second kappa shape index (κ2) is 3.38. The average molecular weight is 200 g/mol. The molecule has 0 amide bonds. The van der Waals surface area contributed by atoms with E-state index in [1.165, 1.54) is 28.5 Å². The fraction of sp³-hybridized carbons (Fsp3) is 0.385. The summed E-state index contributed by atoms with van der Waals surface area (Å²) in [6.45, 7) is 4.48. The predicted octanol–water partition coefficient (Wildman–Crippen LogP) is 2.55. The number of aryl methyl sites for hydroxylation is 1. The quantitative estimate of drug-likeness (QED) is 0.727. The topological polar surface area (TPSA) is 27.8 Å². The van der Waals surface area contributed by atoms with Gasteiger partial charge in [-0.25, -0.2) is 0 Å². The number of aromatic nitrogens is 1. The Morgan fingerprint density at radius 1 is 1.33 bits per heavy atom. The highest BCUT2D eigenvalue weighted by Gasteiger charge is 2.17. The van der Waals surface area contributed by atoms with Crippen LogP contribution < -0.4 is 5.32 Å². The van der Waals surface area contributed by atoms with Gasteiger partial charge < -0.3 is 10.3 Å². The normalized spacial score (nSPS) is 21.3. The molecule has 1 unspecified atom stereocenters. The second-order valence-corrected chi connectivity index (χ2v) is 4.47. The van der Waals surface area contributed by atoms with Crippen LogP contribution in [0.3, 0.4) is 0 Å². The number of benzene rings is 1. The smallest absolute Gasteiger partial charge is 0.0483 e. The van der Waals surface area contributed by atoms with E-state index in [0.29, 0.717) is 5.92 Å². The number of rotatable bonds is 1. The van der Waals surface area contributed by atoms with E-state index < -0.39 is 0 Å². The molecule has 0 radical (unpaired) electrons. The molecule has 2 nitrogen and oxygen atoms in total. The third-order valence-corrected chi connectivity index (χ3v) is 3.41. The molecule has 1 aliphatic heterocycles. The van der Waals surface area contributed by atoms with Crippen LogP contribution in [-0.4, -0.2) is 18.1 Å². The second-order valence-electron chi connectivity index (χ2n) is 4.47. The molecule has 2 heteroatoms. The highest BCUT2D eigenvalue weighted by molar-refractivity contribution is 5.83. The van der Waals surface area contributed by atoms with Gasteiger partial charge in [-0.15, -0.1) is 0 Å². The summed E-state index contributed by atoms with van der Waals surface area (Å²) >= 11 is 0. The van der Waals surface area contributed by atoms with Gasteiger partial charge in [0, 0.05) is 18.3 Å². The van der Waals surface area contributed by atoms with E-state index in [4.69, 9.17) is 0 Å². The van der Waals surface area contributed by atoms with Crippen molar-refractivity contribution in [1.82, 2.24) is 10.3 Å². The fourth-order valence-electron chi connectivity index (χ4n) is 2.56. The molecule has 1 atom stereocenters. The SMILES string of the molecule is Cc1cc(C2CCNC2)cc2cc[nH]c12. The number of fused-ring (bicyclic) bond motifs is 1. The zero-order chi connectivity index (χ0) is 10.3. The molecule has 2 aromatic rings. The van der Waals surface area contributed by atoms with Crippen LogP contribution in [0.4, 0.5) is 0 Å². The van der Waals surface area contributed by atoms with Crippen molar-refractivity contribution in [2.45, 2.75) is 19.3 Å². The van der Waals surface area contributed by atoms with Crippen LogP contribution >= 0.6 is 0 Å². The van der Waals surface area contributed by atoms with E-state index in [9.17, 15) is 0 Å². The lowest BCUT2D eigenvalue weighted by molar-refractivity contribution is 0.764.